The second-order valence-electron chi connectivity index (χ2n) is 5.01. The van der Waals surface area contributed by atoms with Gasteiger partial charge < -0.3 is 5.32 Å². The maximum Gasteiger partial charge on any atom is 0.0388 e. The lowest BCUT2D eigenvalue weighted by atomic mass is 10.0. The smallest absolute Gasteiger partial charge is 0.0388 e. The summed E-state index contributed by atoms with van der Waals surface area (Å²) in [5.41, 5.74) is 2.76. The van der Waals surface area contributed by atoms with Gasteiger partial charge in [-0.15, -0.1) is 11.3 Å². The number of nitrogens with one attached hydrogen (secondary N) is 1. The fourth-order valence-corrected chi connectivity index (χ4v) is 2.69. The molecule has 0 radical (unpaired) electrons. The molecule has 1 N–H and O–H groups in total. The van der Waals surface area contributed by atoms with Gasteiger partial charge in [0.2, 0.25) is 0 Å². The summed E-state index contributed by atoms with van der Waals surface area (Å²) >= 11 is 1.81. The van der Waals surface area contributed by atoms with Gasteiger partial charge >= 0.3 is 0 Å². The van der Waals surface area contributed by atoms with E-state index in [2.05, 4.69) is 67.9 Å². The molecule has 0 saturated carbocycles. The van der Waals surface area contributed by atoms with Crippen LogP contribution in [0, 0.1) is 0 Å². The first-order valence-electron chi connectivity index (χ1n) is 6.52. The van der Waals surface area contributed by atoms with Crippen LogP contribution in [0.4, 0.5) is 0 Å². The average molecular weight is 259 g/mol. The van der Waals surface area contributed by atoms with E-state index in [1.807, 2.05) is 11.3 Å². The van der Waals surface area contributed by atoms with E-state index in [0.717, 1.165) is 6.54 Å². The molecule has 0 aliphatic rings. The summed E-state index contributed by atoms with van der Waals surface area (Å²) in [7, 11) is 0. The number of hydrogen-bond donors (Lipinski definition) is 1. The highest BCUT2D eigenvalue weighted by molar-refractivity contribution is 7.10. The predicted octanol–water partition coefficient (Wildman–Crippen LogP) is 4.72. The van der Waals surface area contributed by atoms with Crippen LogP contribution in [0.1, 0.15) is 48.7 Å². The zero-order chi connectivity index (χ0) is 13.0. The van der Waals surface area contributed by atoms with Crippen LogP contribution in [-0.4, -0.2) is 0 Å². The van der Waals surface area contributed by atoms with Gasteiger partial charge in [-0.2, -0.15) is 0 Å². The first-order valence-corrected chi connectivity index (χ1v) is 7.40. The second-order valence-corrected chi connectivity index (χ2v) is 5.99. The Balaban J connectivity index is 1.90. The summed E-state index contributed by atoms with van der Waals surface area (Å²) in [6.45, 7) is 7.60. The van der Waals surface area contributed by atoms with Gasteiger partial charge in [0, 0.05) is 17.5 Å². The third-order valence-electron chi connectivity index (χ3n) is 3.23. The van der Waals surface area contributed by atoms with Crippen LogP contribution in [0.5, 0.6) is 0 Å². The van der Waals surface area contributed by atoms with E-state index in [1.165, 1.54) is 16.0 Å². The van der Waals surface area contributed by atoms with Crippen molar-refractivity contribution in [2.24, 2.45) is 0 Å². The largest absolute Gasteiger partial charge is 0.305 e. The maximum atomic E-state index is 3.56. The Labute approximate surface area is 114 Å². The van der Waals surface area contributed by atoms with Crippen LogP contribution in [0.3, 0.4) is 0 Å². The van der Waals surface area contributed by atoms with E-state index in [-0.39, 0.29) is 0 Å². The van der Waals surface area contributed by atoms with Gasteiger partial charge in [0.25, 0.3) is 0 Å². The van der Waals surface area contributed by atoms with Crippen molar-refractivity contribution in [1.29, 1.82) is 0 Å². The molecular formula is C16H21NS. The highest BCUT2D eigenvalue weighted by Gasteiger charge is 2.05. The van der Waals surface area contributed by atoms with Crippen molar-refractivity contribution in [1.82, 2.24) is 5.32 Å². The van der Waals surface area contributed by atoms with Gasteiger partial charge in [0.15, 0.2) is 0 Å². The molecule has 1 heterocycles. The van der Waals surface area contributed by atoms with E-state index in [9.17, 15) is 0 Å². The molecule has 0 aliphatic carbocycles. The zero-order valence-electron chi connectivity index (χ0n) is 11.3. The van der Waals surface area contributed by atoms with Crippen molar-refractivity contribution in [3.63, 3.8) is 0 Å². The van der Waals surface area contributed by atoms with Gasteiger partial charge in [-0.1, -0.05) is 44.2 Å². The van der Waals surface area contributed by atoms with Crippen molar-refractivity contribution in [3.05, 3.63) is 57.8 Å². The maximum absolute atomic E-state index is 3.56. The number of benzene rings is 1. The normalized spacial score (nSPS) is 12.9. The van der Waals surface area contributed by atoms with Crippen molar-refractivity contribution in [2.75, 3.05) is 0 Å². The van der Waals surface area contributed by atoms with E-state index >= 15 is 0 Å². The Morgan fingerprint density at radius 1 is 1.06 bits per heavy atom. The number of rotatable bonds is 5. The minimum Gasteiger partial charge on any atom is -0.305 e. The zero-order valence-corrected chi connectivity index (χ0v) is 12.1. The molecule has 1 aromatic carbocycles. The standard InChI is InChI=1S/C16H21NS/c1-12(2)15-8-6-14(7-9-15)11-17-13(3)16-5-4-10-18-16/h4-10,12-13,17H,11H2,1-3H3/t13-/m0/s1. The first-order chi connectivity index (χ1) is 8.66. The lowest BCUT2D eigenvalue weighted by Gasteiger charge is -2.13. The Bertz CT molecular complexity index is 456. The van der Waals surface area contributed by atoms with Crippen LogP contribution < -0.4 is 5.32 Å². The fraction of sp³-hybridized carbons (Fsp3) is 0.375. The third kappa shape index (κ3) is 3.44. The predicted molar refractivity (Wildman–Crippen MR) is 80.1 cm³/mol. The molecule has 0 amide bonds. The Morgan fingerprint density at radius 3 is 2.33 bits per heavy atom. The molecule has 0 fully saturated rings. The molecule has 18 heavy (non-hydrogen) atoms. The highest BCUT2D eigenvalue weighted by atomic mass is 32.1. The molecule has 2 heteroatoms. The average Bonchev–Trinajstić information content (AvgIpc) is 2.90. The fourth-order valence-electron chi connectivity index (χ4n) is 1.93. The Morgan fingerprint density at radius 2 is 1.78 bits per heavy atom. The second kappa shape index (κ2) is 6.17. The molecule has 1 nitrogen and oxygen atoms in total. The van der Waals surface area contributed by atoms with Gasteiger partial charge in [-0.05, 0) is 35.4 Å². The van der Waals surface area contributed by atoms with E-state index in [4.69, 9.17) is 0 Å². The van der Waals surface area contributed by atoms with Gasteiger partial charge in [0.05, 0.1) is 0 Å². The Hall–Kier alpha value is -1.12. The summed E-state index contributed by atoms with van der Waals surface area (Å²) in [5.74, 6) is 0.608. The van der Waals surface area contributed by atoms with Crippen molar-refractivity contribution >= 4 is 11.3 Å². The quantitative estimate of drug-likeness (QED) is 0.819. The number of thiophene rings is 1. The topological polar surface area (TPSA) is 12.0 Å². The van der Waals surface area contributed by atoms with Crippen LogP contribution in [-0.2, 0) is 6.54 Å². The summed E-state index contributed by atoms with van der Waals surface area (Å²) in [6.07, 6.45) is 0. The molecule has 0 unspecified atom stereocenters. The minimum atomic E-state index is 0.426. The van der Waals surface area contributed by atoms with Crippen LogP contribution in [0.15, 0.2) is 41.8 Å². The molecule has 96 valence electrons. The van der Waals surface area contributed by atoms with Crippen molar-refractivity contribution in [2.45, 2.75) is 39.3 Å². The highest BCUT2D eigenvalue weighted by Crippen LogP contribution is 2.19. The van der Waals surface area contributed by atoms with Crippen LogP contribution >= 0.6 is 11.3 Å². The van der Waals surface area contributed by atoms with Gasteiger partial charge in [-0.25, -0.2) is 0 Å². The Kier molecular flexibility index (Phi) is 4.56. The van der Waals surface area contributed by atoms with Crippen LogP contribution in [0.25, 0.3) is 0 Å². The molecule has 2 rings (SSSR count). The first kappa shape index (κ1) is 13.3. The van der Waals surface area contributed by atoms with Gasteiger partial charge in [-0.3, -0.25) is 0 Å². The molecule has 0 saturated heterocycles. The van der Waals surface area contributed by atoms with E-state index < -0.39 is 0 Å². The van der Waals surface area contributed by atoms with Crippen LogP contribution in [0.2, 0.25) is 0 Å². The SMILES string of the molecule is CC(C)c1ccc(CN[C@@H](C)c2cccs2)cc1. The van der Waals surface area contributed by atoms with E-state index in [1.54, 1.807) is 0 Å². The molecule has 0 spiro atoms. The summed E-state index contributed by atoms with van der Waals surface area (Å²) in [4.78, 5) is 1.40. The summed E-state index contributed by atoms with van der Waals surface area (Å²) in [6, 6.07) is 13.6. The third-order valence-corrected chi connectivity index (χ3v) is 4.28. The summed E-state index contributed by atoms with van der Waals surface area (Å²) in [5, 5.41) is 5.69. The van der Waals surface area contributed by atoms with Gasteiger partial charge in [0.1, 0.15) is 0 Å². The minimum absolute atomic E-state index is 0.426. The summed E-state index contributed by atoms with van der Waals surface area (Å²) < 4.78 is 0. The van der Waals surface area contributed by atoms with Crippen molar-refractivity contribution < 1.29 is 0 Å². The molecule has 0 aliphatic heterocycles. The van der Waals surface area contributed by atoms with E-state index in [0.29, 0.717) is 12.0 Å². The molecular weight excluding hydrogens is 238 g/mol. The molecule has 2 aromatic rings. The van der Waals surface area contributed by atoms with Crippen molar-refractivity contribution in [3.8, 4) is 0 Å². The number of hydrogen-bond acceptors (Lipinski definition) is 2. The molecule has 1 aromatic heterocycles. The molecule has 1 atom stereocenters. The molecule has 0 bridgehead atoms. The lowest BCUT2D eigenvalue weighted by molar-refractivity contribution is 0.583. The lowest BCUT2D eigenvalue weighted by Crippen LogP contribution is -2.17. The monoisotopic (exact) mass is 259 g/mol.